The number of hydrogen-bond donors (Lipinski definition) is 1. The number of thiophene rings is 1. The van der Waals surface area contributed by atoms with Gasteiger partial charge in [0.15, 0.2) is 0 Å². The number of ether oxygens (including phenoxy) is 1. The van der Waals surface area contributed by atoms with Crippen molar-refractivity contribution in [2.75, 3.05) is 53.0 Å². The first-order valence-electron chi connectivity index (χ1n) is 9.20. The number of halogens is 1. The molecule has 1 aliphatic rings. The second-order valence-corrected chi connectivity index (χ2v) is 7.64. The summed E-state index contributed by atoms with van der Waals surface area (Å²) in [6, 6.07) is 10.1. The van der Waals surface area contributed by atoms with Gasteiger partial charge in [-0.2, -0.15) is 0 Å². The molecule has 0 aliphatic carbocycles. The molecular weight excluding hydrogens is 381 g/mol. The monoisotopic (exact) mass is 405 g/mol. The van der Waals surface area contributed by atoms with Gasteiger partial charge in [0.2, 0.25) is 5.91 Å². The Labute approximate surface area is 167 Å². The highest BCUT2D eigenvalue weighted by atomic mass is 32.1. The lowest BCUT2D eigenvalue weighted by Crippen LogP contribution is -2.51. The number of rotatable bonds is 7. The van der Waals surface area contributed by atoms with Gasteiger partial charge in [-0.25, -0.2) is 4.39 Å². The van der Waals surface area contributed by atoms with Crippen LogP contribution in [-0.4, -0.2) is 74.6 Å². The van der Waals surface area contributed by atoms with Crippen LogP contribution in [0.1, 0.15) is 9.67 Å². The van der Waals surface area contributed by atoms with Crippen LogP contribution in [0.5, 0.6) is 0 Å². The number of nitrogens with zero attached hydrogens (tertiary/aromatic N) is 2. The van der Waals surface area contributed by atoms with E-state index in [9.17, 15) is 14.0 Å². The van der Waals surface area contributed by atoms with Gasteiger partial charge in [-0.15, -0.1) is 11.3 Å². The maximum absolute atomic E-state index is 14.0. The Morgan fingerprint density at radius 3 is 2.61 bits per heavy atom. The molecule has 0 spiro atoms. The predicted octanol–water partition coefficient (Wildman–Crippen LogP) is 2.07. The summed E-state index contributed by atoms with van der Waals surface area (Å²) in [5.74, 6) is -0.373. The molecule has 0 unspecified atom stereocenters. The molecule has 1 aliphatic heterocycles. The minimum atomic E-state index is -0.291. The maximum Gasteiger partial charge on any atom is 0.264 e. The van der Waals surface area contributed by atoms with E-state index in [0.29, 0.717) is 56.3 Å². The molecule has 0 atom stereocenters. The van der Waals surface area contributed by atoms with Crippen molar-refractivity contribution in [1.29, 1.82) is 0 Å². The number of hydrogen-bond acceptors (Lipinski definition) is 5. The molecule has 1 saturated heterocycles. The van der Waals surface area contributed by atoms with Crippen LogP contribution in [-0.2, 0) is 9.53 Å². The summed E-state index contributed by atoms with van der Waals surface area (Å²) in [5.41, 5.74) is 0.510. The van der Waals surface area contributed by atoms with Crippen molar-refractivity contribution in [3.05, 3.63) is 47.1 Å². The van der Waals surface area contributed by atoms with Crippen LogP contribution in [0.15, 0.2) is 36.4 Å². The molecule has 3 rings (SSSR count). The largest absolute Gasteiger partial charge is 0.383 e. The molecule has 2 aromatic rings. The zero-order valence-electron chi connectivity index (χ0n) is 15.8. The highest BCUT2D eigenvalue weighted by molar-refractivity contribution is 7.17. The van der Waals surface area contributed by atoms with Gasteiger partial charge in [-0.1, -0.05) is 18.2 Å². The molecule has 6 nitrogen and oxygen atoms in total. The molecule has 2 heterocycles. The normalized spacial score (nSPS) is 14.9. The summed E-state index contributed by atoms with van der Waals surface area (Å²) in [5, 5.41) is 2.80. The molecule has 1 fully saturated rings. The van der Waals surface area contributed by atoms with E-state index in [4.69, 9.17) is 4.74 Å². The zero-order chi connectivity index (χ0) is 19.9. The molecule has 1 aromatic heterocycles. The standard InChI is InChI=1S/C20H24FN3O3S/c1-27-13-8-22-19(25)14-23-9-11-24(12-10-23)20(26)18-7-6-17(28-18)15-4-2-3-5-16(15)21/h2-7H,8-14H2,1H3,(H,22,25). The number of carbonyl (C=O) groups excluding carboxylic acids is 2. The molecule has 2 amide bonds. The van der Waals surface area contributed by atoms with E-state index in [1.165, 1.54) is 17.4 Å². The van der Waals surface area contributed by atoms with E-state index in [0.717, 1.165) is 4.88 Å². The van der Waals surface area contributed by atoms with Gasteiger partial charge in [0.1, 0.15) is 5.82 Å². The number of benzene rings is 1. The Hall–Kier alpha value is -2.29. The van der Waals surface area contributed by atoms with Gasteiger partial charge < -0.3 is 15.0 Å². The fraction of sp³-hybridized carbons (Fsp3) is 0.400. The van der Waals surface area contributed by atoms with Crippen LogP contribution < -0.4 is 5.32 Å². The van der Waals surface area contributed by atoms with Gasteiger partial charge in [0.25, 0.3) is 5.91 Å². The van der Waals surface area contributed by atoms with E-state index in [1.54, 1.807) is 42.3 Å². The molecule has 0 bridgehead atoms. The van der Waals surface area contributed by atoms with Crippen molar-refractivity contribution in [3.63, 3.8) is 0 Å². The second kappa shape index (κ2) is 9.77. The summed E-state index contributed by atoms with van der Waals surface area (Å²) in [6.07, 6.45) is 0. The lowest BCUT2D eigenvalue weighted by Gasteiger charge is -2.34. The number of methoxy groups -OCH3 is 1. The smallest absolute Gasteiger partial charge is 0.264 e. The number of nitrogens with one attached hydrogen (secondary N) is 1. The van der Waals surface area contributed by atoms with Gasteiger partial charge in [-0.05, 0) is 18.2 Å². The fourth-order valence-corrected chi connectivity index (χ4v) is 4.08. The fourth-order valence-electron chi connectivity index (χ4n) is 3.08. The molecule has 150 valence electrons. The summed E-state index contributed by atoms with van der Waals surface area (Å²) < 4.78 is 18.9. The van der Waals surface area contributed by atoms with E-state index in [1.807, 2.05) is 4.90 Å². The second-order valence-electron chi connectivity index (χ2n) is 6.55. The lowest BCUT2D eigenvalue weighted by atomic mass is 10.2. The average Bonchev–Trinajstić information content (AvgIpc) is 3.18. The lowest BCUT2D eigenvalue weighted by molar-refractivity contribution is -0.122. The highest BCUT2D eigenvalue weighted by Gasteiger charge is 2.24. The average molecular weight is 405 g/mol. The Kier molecular flexibility index (Phi) is 7.13. The number of piperazine rings is 1. The first kappa shape index (κ1) is 20.4. The molecule has 0 saturated carbocycles. The molecule has 1 aromatic carbocycles. The SMILES string of the molecule is COCCNC(=O)CN1CCN(C(=O)c2ccc(-c3ccccc3F)s2)CC1. The van der Waals surface area contributed by atoms with Crippen LogP contribution in [0.25, 0.3) is 10.4 Å². The maximum atomic E-state index is 14.0. The minimum absolute atomic E-state index is 0.0374. The van der Waals surface area contributed by atoms with Crippen LogP contribution >= 0.6 is 11.3 Å². The Morgan fingerprint density at radius 2 is 1.89 bits per heavy atom. The third-order valence-corrected chi connectivity index (χ3v) is 5.72. The van der Waals surface area contributed by atoms with E-state index < -0.39 is 0 Å². The highest BCUT2D eigenvalue weighted by Crippen LogP contribution is 2.30. The van der Waals surface area contributed by atoms with Crippen molar-refractivity contribution < 1.29 is 18.7 Å². The van der Waals surface area contributed by atoms with Crippen molar-refractivity contribution in [2.45, 2.75) is 0 Å². The third-order valence-electron chi connectivity index (χ3n) is 4.61. The quantitative estimate of drug-likeness (QED) is 0.717. The van der Waals surface area contributed by atoms with Gasteiger partial charge in [-0.3, -0.25) is 14.5 Å². The topological polar surface area (TPSA) is 61.9 Å². The number of amides is 2. The third kappa shape index (κ3) is 5.15. The molecule has 1 N–H and O–H groups in total. The predicted molar refractivity (Wildman–Crippen MR) is 107 cm³/mol. The van der Waals surface area contributed by atoms with Gasteiger partial charge in [0, 0.05) is 50.3 Å². The summed E-state index contributed by atoms with van der Waals surface area (Å²) in [6.45, 7) is 3.74. The van der Waals surface area contributed by atoms with Crippen molar-refractivity contribution in [3.8, 4) is 10.4 Å². The summed E-state index contributed by atoms with van der Waals surface area (Å²) in [7, 11) is 1.59. The Bertz CT molecular complexity index is 819. The molecular formula is C20H24FN3O3S. The minimum Gasteiger partial charge on any atom is -0.383 e. The van der Waals surface area contributed by atoms with Crippen LogP contribution in [0, 0.1) is 5.82 Å². The van der Waals surface area contributed by atoms with Crippen molar-refractivity contribution >= 4 is 23.2 Å². The number of carbonyl (C=O) groups is 2. The first-order valence-corrected chi connectivity index (χ1v) is 10.0. The van der Waals surface area contributed by atoms with E-state index >= 15 is 0 Å². The summed E-state index contributed by atoms with van der Waals surface area (Å²) in [4.78, 5) is 29.8. The molecule has 28 heavy (non-hydrogen) atoms. The van der Waals surface area contributed by atoms with Crippen LogP contribution in [0.2, 0.25) is 0 Å². The Balaban J connectivity index is 1.52. The Morgan fingerprint density at radius 1 is 1.14 bits per heavy atom. The van der Waals surface area contributed by atoms with Gasteiger partial charge in [0.05, 0.1) is 18.0 Å². The van der Waals surface area contributed by atoms with Crippen molar-refractivity contribution in [1.82, 2.24) is 15.1 Å². The van der Waals surface area contributed by atoms with E-state index in [2.05, 4.69) is 5.32 Å². The molecule has 8 heteroatoms. The van der Waals surface area contributed by atoms with Gasteiger partial charge >= 0.3 is 0 Å². The van der Waals surface area contributed by atoms with Crippen LogP contribution in [0.3, 0.4) is 0 Å². The van der Waals surface area contributed by atoms with Crippen LogP contribution in [0.4, 0.5) is 4.39 Å². The zero-order valence-corrected chi connectivity index (χ0v) is 16.6. The van der Waals surface area contributed by atoms with E-state index in [-0.39, 0.29) is 17.6 Å². The first-order chi connectivity index (χ1) is 13.6. The van der Waals surface area contributed by atoms with Crippen molar-refractivity contribution in [2.24, 2.45) is 0 Å². The summed E-state index contributed by atoms with van der Waals surface area (Å²) >= 11 is 1.30. The molecule has 0 radical (unpaired) electrons.